The van der Waals surface area contributed by atoms with E-state index in [0.717, 1.165) is 36.3 Å². The zero-order chi connectivity index (χ0) is 24.2. The van der Waals surface area contributed by atoms with E-state index in [4.69, 9.17) is 0 Å². The van der Waals surface area contributed by atoms with E-state index in [2.05, 4.69) is 22.2 Å². The number of nitrogens with zero attached hydrogens (tertiary/aromatic N) is 4. The quantitative estimate of drug-likeness (QED) is 0.516. The van der Waals surface area contributed by atoms with Crippen LogP contribution in [0.25, 0.3) is 10.8 Å². The average molecular weight is 468 g/mol. The molecule has 1 atom stereocenters. The lowest BCUT2D eigenvalue weighted by Crippen LogP contribution is -2.40. The number of carbonyl (C=O) groups is 1. The van der Waals surface area contributed by atoms with Gasteiger partial charge in [0.1, 0.15) is 12.4 Å². The van der Waals surface area contributed by atoms with Gasteiger partial charge in [-0.25, -0.2) is 9.07 Å². The molecule has 3 heterocycles. The Balaban J connectivity index is 1.42. The van der Waals surface area contributed by atoms with Gasteiger partial charge >= 0.3 is 0 Å². The summed E-state index contributed by atoms with van der Waals surface area (Å²) in [6, 6.07) is 7.24. The van der Waals surface area contributed by atoms with Crippen molar-refractivity contribution in [1.82, 2.24) is 24.6 Å². The first-order valence-electron chi connectivity index (χ1n) is 12.2. The number of likely N-dealkylation sites (tertiary alicyclic amines) is 1. The monoisotopic (exact) mass is 467 g/mol. The van der Waals surface area contributed by atoms with Crippen molar-refractivity contribution < 1.29 is 9.18 Å². The van der Waals surface area contributed by atoms with Crippen LogP contribution in [0, 0.1) is 19.7 Å². The van der Waals surface area contributed by atoms with Crippen molar-refractivity contribution in [3.8, 4) is 0 Å². The van der Waals surface area contributed by atoms with E-state index in [1.807, 2.05) is 18.4 Å². The van der Waals surface area contributed by atoms with Gasteiger partial charge in [-0.15, -0.1) is 0 Å². The summed E-state index contributed by atoms with van der Waals surface area (Å²) in [6.07, 6.45) is 6.29. The Morgan fingerprint density at radius 2 is 2.00 bits per heavy atom. The molecule has 1 aliphatic heterocycles. The molecule has 182 valence electrons. The van der Waals surface area contributed by atoms with Crippen molar-refractivity contribution in [2.75, 3.05) is 19.6 Å². The molecule has 1 saturated heterocycles. The minimum absolute atomic E-state index is 0.119. The van der Waals surface area contributed by atoms with Gasteiger partial charge in [0.05, 0.1) is 18.1 Å². The first-order chi connectivity index (χ1) is 16.4. The van der Waals surface area contributed by atoms with Gasteiger partial charge in [0.2, 0.25) is 5.91 Å². The van der Waals surface area contributed by atoms with Crippen molar-refractivity contribution in [3.63, 3.8) is 0 Å². The molecule has 1 unspecified atom stereocenters. The predicted octanol–water partition coefficient (Wildman–Crippen LogP) is 3.38. The summed E-state index contributed by atoms with van der Waals surface area (Å²) in [5, 5.41) is 8.42. The lowest BCUT2D eigenvalue weighted by Gasteiger charge is -2.33. The van der Waals surface area contributed by atoms with Crippen molar-refractivity contribution in [1.29, 1.82) is 0 Å². The largest absolute Gasteiger partial charge is 0.354 e. The maximum absolute atomic E-state index is 14.2. The summed E-state index contributed by atoms with van der Waals surface area (Å²) in [4.78, 5) is 28.1. The number of aromatic nitrogens is 3. The minimum atomic E-state index is -0.303. The Kier molecular flexibility index (Phi) is 7.46. The third kappa shape index (κ3) is 5.06. The van der Waals surface area contributed by atoms with Crippen LogP contribution in [0.2, 0.25) is 0 Å². The van der Waals surface area contributed by atoms with E-state index >= 15 is 0 Å². The Bertz CT molecular complexity index is 1230. The van der Waals surface area contributed by atoms with Gasteiger partial charge < -0.3 is 14.8 Å². The van der Waals surface area contributed by atoms with E-state index in [0.29, 0.717) is 30.1 Å². The van der Waals surface area contributed by atoms with Crippen molar-refractivity contribution >= 4 is 16.7 Å². The van der Waals surface area contributed by atoms with E-state index < -0.39 is 0 Å². The van der Waals surface area contributed by atoms with Gasteiger partial charge in [-0.2, -0.15) is 5.10 Å². The highest BCUT2D eigenvalue weighted by Gasteiger charge is 2.19. The molecular weight excluding hydrogens is 433 g/mol. The summed E-state index contributed by atoms with van der Waals surface area (Å²) in [5.74, 6) is -0.498. The molecule has 1 fully saturated rings. The highest BCUT2D eigenvalue weighted by molar-refractivity contribution is 5.87. The maximum Gasteiger partial charge on any atom is 0.276 e. The number of carbonyl (C=O) groups excluding carboxylic acids is 1. The normalized spacial score (nSPS) is 16.8. The molecule has 2 aromatic heterocycles. The van der Waals surface area contributed by atoms with E-state index in [1.54, 1.807) is 24.4 Å². The number of hydrogen-bond donors (Lipinski definition) is 1. The number of nitrogens with one attached hydrogen (secondary N) is 1. The average Bonchev–Trinajstić information content (AvgIpc) is 3.06. The van der Waals surface area contributed by atoms with E-state index in [9.17, 15) is 14.0 Å². The highest BCUT2D eigenvalue weighted by atomic mass is 19.1. The second-order valence-corrected chi connectivity index (χ2v) is 9.33. The number of aryl methyl sites for hydroxylation is 2. The van der Waals surface area contributed by atoms with E-state index in [1.165, 1.54) is 30.0 Å². The number of piperidine rings is 1. The molecule has 0 bridgehead atoms. The van der Waals surface area contributed by atoms with Gasteiger partial charge in [-0.1, -0.05) is 24.6 Å². The molecular formula is C26H34FN5O2. The molecule has 4 rings (SSSR count). The molecule has 0 saturated carbocycles. The topological polar surface area (TPSA) is 72.2 Å². The Labute approximate surface area is 199 Å². The van der Waals surface area contributed by atoms with Gasteiger partial charge in [-0.3, -0.25) is 9.59 Å². The molecule has 1 N–H and O–H groups in total. The van der Waals surface area contributed by atoms with Gasteiger partial charge in [-0.05, 0) is 52.6 Å². The lowest BCUT2D eigenvalue weighted by molar-refractivity contribution is -0.121. The number of fused-ring (bicyclic) bond motifs is 1. The number of benzene rings is 1. The van der Waals surface area contributed by atoms with Crippen LogP contribution in [0.3, 0.4) is 0 Å². The first-order valence-corrected chi connectivity index (χ1v) is 12.2. The van der Waals surface area contributed by atoms with Crippen molar-refractivity contribution in [2.45, 2.75) is 65.6 Å². The fourth-order valence-corrected chi connectivity index (χ4v) is 4.98. The van der Waals surface area contributed by atoms with Gasteiger partial charge in [0.25, 0.3) is 5.56 Å². The SMILES string of the molecule is Cc1c2cnn(CC(=O)NCCCN3CCCCC3C)c(=O)c2c(C)n1Cc1ccccc1F. The van der Waals surface area contributed by atoms with Crippen molar-refractivity contribution in [2.24, 2.45) is 0 Å². The predicted molar refractivity (Wildman–Crippen MR) is 131 cm³/mol. The minimum Gasteiger partial charge on any atom is -0.354 e. The molecule has 1 aromatic carbocycles. The van der Waals surface area contributed by atoms with Crippen LogP contribution in [0.5, 0.6) is 0 Å². The smallest absolute Gasteiger partial charge is 0.276 e. The molecule has 1 amide bonds. The number of rotatable bonds is 8. The third-order valence-corrected chi connectivity index (χ3v) is 7.07. The van der Waals surface area contributed by atoms with Crippen LogP contribution in [0.15, 0.2) is 35.3 Å². The van der Waals surface area contributed by atoms with Crippen molar-refractivity contribution in [3.05, 3.63) is 63.6 Å². The Morgan fingerprint density at radius 1 is 1.21 bits per heavy atom. The molecule has 7 nitrogen and oxygen atoms in total. The second-order valence-electron chi connectivity index (χ2n) is 9.33. The Morgan fingerprint density at radius 3 is 2.76 bits per heavy atom. The first kappa shape index (κ1) is 24.1. The van der Waals surface area contributed by atoms with Crippen LogP contribution in [0.1, 0.15) is 49.6 Å². The standard InChI is InChI=1S/C26H34FN5O2/c1-18-9-6-7-13-30(18)14-8-12-28-24(33)17-32-26(34)25-20(3)31(19(2)22(25)15-29-32)16-21-10-4-5-11-23(21)27/h4-5,10-11,15,18H,6-9,12-14,16-17H2,1-3H3,(H,28,33). The number of hydrogen-bond acceptors (Lipinski definition) is 4. The highest BCUT2D eigenvalue weighted by Crippen LogP contribution is 2.23. The molecule has 8 heteroatoms. The molecule has 1 aliphatic rings. The summed E-state index contributed by atoms with van der Waals surface area (Å²) >= 11 is 0. The van der Waals surface area contributed by atoms with Gasteiger partial charge in [0.15, 0.2) is 0 Å². The van der Waals surface area contributed by atoms with Crippen LogP contribution < -0.4 is 10.9 Å². The zero-order valence-corrected chi connectivity index (χ0v) is 20.3. The summed E-state index contributed by atoms with van der Waals surface area (Å²) < 4.78 is 17.3. The fourth-order valence-electron chi connectivity index (χ4n) is 4.98. The fraction of sp³-hybridized carbons (Fsp3) is 0.500. The molecule has 0 radical (unpaired) electrons. The van der Waals surface area contributed by atoms with Crippen LogP contribution >= 0.6 is 0 Å². The maximum atomic E-state index is 14.2. The summed E-state index contributed by atoms with van der Waals surface area (Å²) in [5.41, 5.74) is 1.85. The zero-order valence-electron chi connectivity index (χ0n) is 20.3. The molecule has 34 heavy (non-hydrogen) atoms. The van der Waals surface area contributed by atoms with Crippen LogP contribution in [0.4, 0.5) is 4.39 Å². The number of halogens is 1. The van der Waals surface area contributed by atoms with Gasteiger partial charge in [0, 0.05) is 41.5 Å². The second kappa shape index (κ2) is 10.5. The van der Waals surface area contributed by atoms with E-state index in [-0.39, 0.29) is 23.8 Å². The van der Waals surface area contributed by atoms with Crippen LogP contribution in [-0.4, -0.2) is 50.8 Å². The molecule has 3 aromatic rings. The third-order valence-electron chi connectivity index (χ3n) is 7.07. The van der Waals surface area contributed by atoms with Crippen LogP contribution in [-0.2, 0) is 17.9 Å². The molecule has 0 aliphatic carbocycles. The lowest BCUT2D eigenvalue weighted by atomic mass is 10.0. The molecule has 0 spiro atoms. The summed E-state index contributed by atoms with van der Waals surface area (Å²) in [7, 11) is 0. The number of amides is 1. The Hall–Kier alpha value is -3.00. The summed E-state index contributed by atoms with van der Waals surface area (Å²) in [6.45, 7) is 8.90.